The number of rotatable bonds is 4. The Morgan fingerprint density at radius 1 is 1.29 bits per heavy atom. The molecule has 2 aromatic rings. The maximum Gasteiger partial charge on any atom is 0.191 e. The Morgan fingerprint density at radius 2 is 2.08 bits per heavy atom. The predicted octanol–water partition coefficient (Wildman–Crippen LogP) is 1.62. The van der Waals surface area contributed by atoms with E-state index >= 15 is 0 Å². The SMILES string of the molecule is CN=C(NCCc1cc(C)cc(C)c1)NC1CCc2ncnn2C1. The number of hydrogen-bond donors (Lipinski definition) is 2. The molecule has 128 valence electrons. The average Bonchev–Trinajstić information content (AvgIpc) is 3.00. The van der Waals surface area contributed by atoms with E-state index in [1.807, 2.05) is 11.7 Å². The number of aliphatic imine (C=N–C) groups is 1. The van der Waals surface area contributed by atoms with Crippen molar-refractivity contribution in [2.24, 2.45) is 4.99 Å². The minimum Gasteiger partial charge on any atom is -0.356 e. The Hall–Kier alpha value is -2.37. The van der Waals surface area contributed by atoms with Gasteiger partial charge in [-0.3, -0.25) is 4.99 Å². The third-order valence-corrected chi connectivity index (χ3v) is 4.36. The van der Waals surface area contributed by atoms with Crippen LogP contribution in [0.3, 0.4) is 0 Å². The first-order valence-electron chi connectivity index (χ1n) is 8.55. The highest BCUT2D eigenvalue weighted by Crippen LogP contribution is 2.11. The fourth-order valence-electron chi connectivity index (χ4n) is 3.28. The van der Waals surface area contributed by atoms with Gasteiger partial charge in [-0.1, -0.05) is 29.3 Å². The highest BCUT2D eigenvalue weighted by atomic mass is 15.4. The average molecular weight is 326 g/mol. The van der Waals surface area contributed by atoms with E-state index < -0.39 is 0 Å². The van der Waals surface area contributed by atoms with E-state index in [4.69, 9.17) is 0 Å². The van der Waals surface area contributed by atoms with Crippen LogP contribution in [0.5, 0.6) is 0 Å². The second-order valence-corrected chi connectivity index (χ2v) is 6.48. The normalized spacial score (nSPS) is 17.5. The molecule has 1 aromatic heterocycles. The minimum atomic E-state index is 0.339. The second kappa shape index (κ2) is 7.47. The molecule has 0 amide bonds. The van der Waals surface area contributed by atoms with Crippen molar-refractivity contribution >= 4 is 5.96 Å². The fraction of sp³-hybridized carbons (Fsp3) is 0.500. The van der Waals surface area contributed by atoms with Gasteiger partial charge in [-0.25, -0.2) is 9.67 Å². The highest BCUT2D eigenvalue weighted by Gasteiger charge is 2.20. The standard InChI is InChI=1S/C18H26N6/c1-13-8-14(2)10-15(9-13)6-7-20-18(19-3)23-16-4-5-17-21-12-22-24(17)11-16/h8-10,12,16H,4-7,11H2,1-3H3,(H2,19,20,23). The number of nitrogens with one attached hydrogen (secondary N) is 2. The number of aryl methyl sites for hydroxylation is 3. The van der Waals surface area contributed by atoms with Crippen LogP contribution < -0.4 is 10.6 Å². The number of benzene rings is 1. The van der Waals surface area contributed by atoms with E-state index in [1.165, 1.54) is 16.7 Å². The Kier molecular flexibility index (Phi) is 5.13. The maximum atomic E-state index is 4.34. The van der Waals surface area contributed by atoms with Gasteiger partial charge in [-0.2, -0.15) is 5.10 Å². The van der Waals surface area contributed by atoms with Crippen molar-refractivity contribution in [2.75, 3.05) is 13.6 Å². The summed E-state index contributed by atoms with van der Waals surface area (Å²) in [6.07, 6.45) is 4.63. The van der Waals surface area contributed by atoms with Crippen LogP contribution in [0.2, 0.25) is 0 Å². The van der Waals surface area contributed by atoms with Crippen molar-refractivity contribution < 1.29 is 0 Å². The first-order valence-corrected chi connectivity index (χ1v) is 8.55. The summed E-state index contributed by atoms with van der Waals surface area (Å²) in [6, 6.07) is 7.04. The van der Waals surface area contributed by atoms with Crippen molar-refractivity contribution in [3.63, 3.8) is 0 Å². The van der Waals surface area contributed by atoms with Gasteiger partial charge in [0.2, 0.25) is 0 Å². The van der Waals surface area contributed by atoms with E-state index in [0.29, 0.717) is 6.04 Å². The molecule has 0 spiro atoms. The smallest absolute Gasteiger partial charge is 0.191 e. The summed E-state index contributed by atoms with van der Waals surface area (Å²) < 4.78 is 1.98. The molecule has 0 bridgehead atoms. The zero-order valence-corrected chi connectivity index (χ0v) is 14.7. The van der Waals surface area contributed by atoms with Gasteiger partial charge in [0, 0.05) is 26.1 Å². The molecular formula is C18H26N6. The molecule has 1 aromatic carbocycles. The van der Waals surface area contributed by atoms with E-state index in [9.17, 15) is 0 Å². The second-order valence-electron chi connectivity index (χ2n) is 6.48. The lowest BCUT2D eigenvalue weighted by Gasteiger charge is -2.25. The van der Waals surface area contributed by atoms with Gasteiger partial charge in [-0.15, -0.1) is 0 Å². The highest BCUT2D eigenvalue weighted by molar-refractivity contribution is 5.79. The molecule has 0 saturated heterocycles. The molecule has 24 heavy (non-hydrogen) atoms. The molecule has 6 nitrogen and oxygen atoms in total. The molecule has 1 atom stereocenters. The van der Waals surface area contributed by atoms with E-state index in [1.54, 1.807) is 6.33 Å². The van der Waals surface area contributed by atoms with Crippen LogP contribution in [0, 0.1) is 13.8 Å². The summed E-state index contributed by atoms with van der Waals surface area (Å²) in [4.78, 5) is 8.61. The molecule has 3 rings (SSSR count). The molecular weight excluding hydrogens is 300 g/mol. The third kappa shape index (κ3) is 4.13. The molecule has 6 heteroatoms. The van der Waals surface area contributed by atoms with Gasteiger partial charge in [-0.05, 0) is 32.3 Å². The van der Waals surface area contributed by atoms with Gasteiger partial charge >= 0.3 is 0 Å². The van der Waals surface area contributed by atoms with Gasteiger partial charge in [0.05, 0.1) is 6.54 Å². The first kappa shape index (κ1) is 16.5. The van der Waals surface area contributed by atoms with Crippen molar-refractivity contribution in [3.8, 4) is 0 Å². The largest absolute Gasteiger partial charge is 0.356 e. The zero-order valence-electron chi connectivity index (χ0n) is 14.7. The molecule has 2 N–H and O–H groups in total. The van der Waals surface area contributed by atoms with Crippen LogP contribution in [-0.2, 0) is 19.4 Å². The third-order valence-electron chi connectivity index (χ3n) is 4.36. The first-order chi connectivity index (χ1) is 11.6. The molecule has 0 radical (unpaired) electrons. The lowest BCUT2D eigenvalue weighted by atomic mass is 10.1. The molecule has 1 aliphatic rings. The summed E-state index contributed by atoms with van der Waals surface area (Å²) in [7, 11) is 1.82. The maximum absolute atomic E-state index is 4.34. The summed E-state index contributed by atoms with van der Waals surface area (Å²) >= 11 is 0. The van der Waals surface area contributed by atoms with Gasteiger partial charge in [0.25, 0.3) is 0 Å². The lowest BCUT2D eigenvalue weighted by Crippen LogP contribution is -2.47. The Morgan fingerprint density at radius 3 is 2.83 bits per heavy atom. The van der Waals surface area contributed by atoms with Crippen LogP contribution >= 0.6 is 0 Å². The molecule has 2 heterocycles. The number of aromatic nitrogens is 3. The zero-order chi connectivity index (χ0) is 16.9. The van der Waals surface area contributed by atoms with Crippen molar-refractivity contribution in [1.29, 1.82) is 0 Å². The Balaban J connectivity index is 1.49. The van der Waals surface area contributed by atoms with E-state index in [-0.39, 0.29) is 0 Å². The van der Waals surface area contributed by atoms with Crippen molar-refractivity contribution in [2.45, 2.75) is 45.7 Å². The van der Waals surface area contributed by atoms with Crippen molar-refractivity contribution in [3.05, 3.63) is 47.0 Å². The van der Waals surface area contributed by atoms with E-state index in [0.717, 1.165) is 44.1 Å². The van der Waals surface area contributed by atoms with Crippen LogP contribution in [0.1, 0.15) is 28.9 Å². The van der Waals surface area contributed by atoms with Gasteiger partial charge < -0.3 is 10.6 Å². The molecule has 1 aliphatic heterocycles. The molecule has 1 unspecified atom stereocenters. The summed E-state index contributed by atoms with van der Waals surface area (Å²) in [6.45, 7) is 5.99. The van der Waals surface area contributed by atoms with Crippen LogP contribution in [-0.4, -0.2) is 40.4 Å². The molecule has 0 aliphatic carbocycles. The minimum absolute atomic E-state index is 0.339. The fourth-order valence-corrected chi connectivity index (χ4v) is 3.28. The molecule has 0 fully saturated rings. The predicted molar refractivity (Wildman–Crippen MR) is 96.2 cm³/mol. The van der Waals surface area contributed by atoms with E-state index in [2.05, 4.69) is 57.8 Å². The summed E-state index contributed by atoms with van der Waals surface area (Å²) in [5, 5.41) is 11.2. The van der Waals surface area contributed by atoms with Crippen LogP contribution in [0.4, 0.5) is 0 Å². The summed E-state index contributed by atoms with van der Waals surface area (Å²) in [5.41, 5.74) is 4.00. The number of hydrogen-bond acceptors (Lipinski definition) is 3. The van der Waals surface area contributed by atoms with Gasteiger partial charge in [0.1, 0.15) is 12.2 Å². The lowest BCUT2D eigenvalue weighted by molar-refractivity contribution is 0.393. The number of fused-ring (bicyclic) bond motifs is 1. The van der Waals surface area contributed by atoms with Crippen LogP contribution in [0.15, 0.2) is 29.5 Å². The summed E-state index contributed by atoms with van der Waals surface area (Å²) in [5.74, 6) is 1.93. The molecule has 0 saturated carbocycles. The van der Waals surface area contributed by atoms with Gasteiger partial charge in [0.15, 0.2) is 5.96 Å². The Bertz CT molecular complexity index is 698. The topological polar surface area (TPSA) is 67.1 Å². The van der Waals surface area contributed by atoms with Crippen molar-refractivity contribution in [1.82, 2.24) is 25.4 Å². The Labute approximate surface area is 143 Å². The quantitative estimate of drug-likeness (QED) is 0.662. The van der Waals surface area contributed by atoms with Crippen LogP contribution in [0.25, 0.3) is 0 Å². The number of guanidine groups is 1. The monoisotopic (exact) mass is 326 g/mol. The number of nitrogens with zero attached hydrogens (tertiary/aromatic N) is 4.